The molecule has 0 aliphatic heterocycles. The van der Waals surface area contributed by atoms with Crippen molar-refractivity contribution >= 4 is 6.29 Å². The molecule has 0 aliphatic carbocycles. The minimum atomic E-state index is 0.379. The molecule has 0 N–H and O–H groups in total. The molecule has 0 radical (unpaired) electrons. The van der Waals surface area contributed by atoms with Crippen molar-refractivity contribution in [2.45, 2.75) is 45.6 Å². The molecule has 0 saturated heterocycles. The average molecular weight is 194 g/mol. The van der Waals surface area contributed by atoms with Gasteiger partial charge in [0.25, 0.3) is 0 Å². The Morgan fingerprint density at radius 3 is 3.00 bits per heavy atom. The first-order valence-corrected chi connectivity index (χ1v) is 5.26. The van der Waals surface area contributed by atoms with Crippen molar-refractivity contribution in [3.8, 4) is 0 Å². The summed E-state index contributed by atoms with van der Waals surface area (Å²) in [5, 5.41) is 0. The fourth-order valence-electron chi connectivity index (χ4n) is 1.60. The molecular weight excluding hydrogens is 176 g/mol. The Balaban J connectivity index is 2.51. The second-order valence-electron chi connectivity index (χ2n) is 3.69. The number of imidazole rings is 1. The molecular formula is C11H18N2O. The van der Waals surface area contributed by atoms with Gasteiger partial charge in [-0.1, -0.05) is 26.2 Å². The zero-order valence-corrected chi connectivity index (χ0v) is 8.94. The van der Waals surface area contributed by atoms with Crippen LogP contribution >= 0.6 is 0 Å². The van der Waals surface area contributed by atoms with Crippen molar-refractivity contribution in [3.63, 3.8) is 0 Å². The summed E-state index contributed by atoms with van der Waals surface area (Å²) in [5.74, 6) is 0. The van der Waals surface area contributed by atoms with E-state index >= 15 is 0 Å². The van der Waals surface area contributed by atoms with Gasteiger partial charge in [-0.05, 0) is 13.3 Å². The Kier molecular flexibility index (Phi) is 4.36. The fraction of sp³-hybridized carbons (Fsp3) is 0.636. The molecule has 3 heteroatoms. The summed E-state index contributed by atoms with van der Waals surface area (Å²) in [6.07, 6.45) is 9.04. The zero-order valence-electron chi connectivity index (χ0n) is 8.94. The maximum absolute atomic E-state index is 10.7. The van der Waals surface area contributed by atoms with E-state index in [0.29, 0.717) is 11.7 Å². The first-order valence-electron chi connectivity index (χ1n) is 5.26. The quantitative estimate of drug-likeness (QED) is 0.515. The Morgan fingerprint density at radius 1 is 1.57 bits per heavy atom. The van der Waals surface area contributed by atoms with Crippen LogP contribution in [0.25, 0.3) is 0 Å². The van der Waals surface area contributed by atoms with Gasteiger partial charge in [0.2, 0.25) is 0 Å². The van der Waals surface area contributed by atoms with Gasteiger partial charge in [0.1, 0.15) is 5.69 Å². The average Bonchev–Trinajstić information content (AvgIpc) is 2.65. The molecule has 1 rings (SSSR count). The highest BCUT2D eigenvalue weighted by Gasteiger charge is 2.07. The van der Waals surface area contributed by atoms with Gasteiger partial charge < -0.3 is 4.57 Å². The van der Waals surface area contributed by atoms with Crippen molar-refractivity contribution in [1.82, 2.24) is 9.55 Å². The highest BCUT2D eigenvalue weighted by molar-refractivity contribution is 5.71. The molecule has 1 aromatic heterocycles. The zero-order chi connectivity index (χ0) is 10.4. The number of aldehydes is 1. The van der Waals surface area contributed by atoms with Crippen LogP contribution in [0.5, 0.6) is 0 Å². The molecule has 0 bridgehead atoms. The summed E-state index contributed by atoms with van der Waals surface area (Å²) in [4.78, 5) is 14.6. The summed E-state index contributed by atoms with van der Waals surface area (Å²) in [6, 6.07) is 0.379. The topological polar surface area (TPSA) is 34.9 Å². The summed E-state index contributed by atoms with van der Waals surface area (Å²) >= 11 is 0. The number of hydrogen-bond donors (Lipinski definition) is 0. The monoisotopic (exact) mass is 194 g/mol. The number of carbonyl (C=O) groups excluding carboxylic acids is 1. The van der Waals surface area contributed by atoms with Crippen LogP contribution in [0.1, 0.15) is 56.1 Å². The van der Waals surface area contributed by atoms with Crippen LogP contribution in [-0.2, 0) is 0 Å². The smallest absolute Gasteiger partial charge is 0.168 e. The van der Waals surface area contributed by atoms with Crippen molar-refractivity contribution in [3.05, 3.63) is 18.2 Å². The van der Waals surface area contributed by atoms with Crippen LogP contribution in [-0.4, -0.2) is 15.8 Å². The second-order valence-corrected chi connectivity index (χ2v) is 3.69. The molecule has 0 aliphatic rings. The van der Waals surface area contributed by atoms with E-state index in [2.05, 4.69) is 18.8 Å². The van der Waals surface area contributed by atoms with Crippen molar-refractivity contribution < 1.29 is 4.79 Å². The Morgan fingerprint density at radius 2 is 2.36 bits per heavy atom. The lowest BCUT2D eigenvalue weighted by atomic mass is 10.1. The molecule has 3 nitrogen and oxygen atoms in total. The molecule has 1 aromatic rings. The van der Waals surface area contributed by atoms with E-state index in [0.717, 1.165) is 12.7 Å². The number of carbonyl (C=O) groups is 1. The SMILES string of the molecule is CCCCCC(C)n1cncc1C=O. The van der Waals surface area contributed by atoms with E-state index in [1.165, 1.54) is 19.3 Å². The predicted molar refractivity (Wildman–Crippen MR) is 56.5 cm³/mol. The van der Waals surface area contributed by atoms with Crippen molar-refractivity contribution in [2.24, 2.45) is 0 Å². The lowest BCUT2D eigenvalue weighted by Crippen LogP contribution is -2.07. The van der Waals surface area contributed by atoms with Crippen LogP contribution in [0, 0.1) is 0 Å². The Bertz CT molecular complexity index is 281. The largest absolute Gasteiger partial charge is 0.326 e. The summed E-state index contributed by atoms with van der Waals surface area (Å²) in [7, 11) is 0. The molecule has 0 saturated carbocycles. The third kappa shape index (κ3) is 2.69. The Hall–Kier alpha value is -1.12. The van der Waals surface area contributed by atoms with Crippen molar-refractivity contribution in [2.75, 3.05) is 0 Å². The molecule has 0 fully saturated rings. The van der Waals surface area contributed by atoms with Gasteiger partial charge in [-0.3, -0.25) is 4.79 Å². The third-order valence-corrected chi connectivity index (χ3v) is 2.52. The molecule has 1 atom stereocenters. The van der Waals surface area contributed by atoms with Crippen LogP contribution in [0.3, 0.4) is 0 Å². The molecule has 78 valence electrons. The standard InChI is InChI=1S/C11H18N2O/c1-3-4-5-6-10(2)13-9-12-7-11(13)8-14/h7-10H,3-6H2,1-2H3. The first-order chi connectivity index (χ1) is 6.79. The maximum Gasteiger partial charge on any atom is 0.168 e. The number of unbranched alkanes of at least 4 members (excludes halogenated alkanes) is 2. The lowest BCUT2D eigenvalue weighted by Gasteiger charge is -2.13. The second kappa shape index (κ2) is 5.58. The summed E-state index contributed by atoms with van der Waals surface area (Å²) in [6.45, 7) is 4.32. The first kappa shape index (κ1) is 11.0. The number of rotatable bonds is 6. The highest BCUT2D eigenvalue weighted by Crippen LogP contribution is 2.16. The van der Waals surface area contributed by atoms with Gasteiger partial charge in [0, 0.05) is 6.04 Å². The maximum atomic E-state index is 10.7. The molecule has 0 aromatic carbocycles. The molecule has 1 heterocycles. The van der Waals surface area contributed by atoms with E-state index in [4.69, 9.17) is 0 Å². The lowest BCUT2D eigenvalue weighted by molar-refractivity contribution is 0.111. The third-order valence-electron chi connectivity index (χ3n) is 2.52. The number of hydrogen-bond acceptors (Lipinski definition) is 2. The van der Waals surface area contributed by atoms with Gasteiger partial charge in [0.05, 0.1) is 12.5 Å². The van der Waals surface area contributed by atoms with Gasteiger partial charge >= 0.3 is 0 Å². The van der Waals surface area contributed by atoms with Gasteiger partial charge in [-0.15, -0.1) is 0 Å². The van der Waals surface area contributed by atoms with Crippen LogP contribution in [0.2, 0.25) is 0 Å². The van der Waals surface area contributed by atoms with E-state index < -0.39 is 0 Å². The molecule has 0 amide bonds. The van der Waals surface area contributed by atoms with Gasteiger partial charge in [0.15, 0.2) is 6.29 Å². The minimum absolute atomic E-state index is 0.379. The van der Waals surface area contributed by atoms with E-state index in [-0.39, 0.29) is 0 Å². The Labute approximate surface area is 85.2 Å². The van der Waals surface area contributed by atoms with Gasteiger partial charge in [-0.25, -0.2) is 4.98 Å². The van der Waals surface area contributed by atoms with E-state index in [1.807, 2.05) is 4.57 Å². The number of nitrogens with zero attached hydrogens (tertiary/aromatic N) is 2. The summed E-state index contributed by atoms with van der Waals surface area (Å²) < 4.78 is 1.95. The molecule has 1 unspecified atom stereocenters. The highest BCUT2D eigenvalue weighted by atomic mass is 16.1. The molecule has 0 spiro atoms. The minimum Gasteiger partial charge on any atom is -0.326 e. The normalized spacial score (nSPS) is 12.7. The van der Waals surface area contributed by atoms with Crippen LogP contribution in [0.4, 0.5) is 0 Å². The van der Waals surface area contributed by atoms with Crippen molar-refractivity contribution in [1.29, 1.82) is 0 Å². The van der Waals surface area contributed by atoms with E-state index in [9.17, 15) is 4.79 Å². The van der Waals surface area contributed by atoms with E-state index in [1.54, 1.807) is 12.5 Å². The van der Waals surface area contributed by atoms with Crippen LogP contribution < -0.4 is 0 Å². The fourth-order valence-corrected chi connectivity index (χ4v) is 1.60. The molecule has 14 heavy (non-hydrogen) atoms. The number of aromatic nitrogens is 2. The summed E-state index contributed by atoms with van der Waals surface area (Å²) in [5.41, 5.74) is 0.675. The predicted octanol–water partition coefficient (Wildman–Crippen LogP) is 2.84. The van der Waals surface area contributed by atoms with Gasteiger partial charge in [-0.2, -0.15) is 0 Å². The van der Waals surface area contributed by atoms with Crippen LogP contribution in [0.15, 0.2) is 12.5 Å².